The van der Waals surface area contributed by atoms with Crippen molar-refractivity contribution in [1.29, 1.82) is 0 Å². The van der Waals surface area contributed by atoms with Gasteiger partial charge >= 0.3 is 15.6 Å². The Balaban J connectivity index is 1.71. The molecule has 34 heavy (non-hydrogen) atoms. The van der Waals surface area contributed by atoms with E-state index in [1.165, 1.54) is 15.5 Å². The molecule has 6 N–H and O–H groups in total. The largest absolute Gasteiger partial charge is 0.469 e. The quantitative estimate of drug-likeness (QED) is 0.0954. The lowest BCUT2D eigenvalue weighted by Gasteiger charge is -2.17. The van der Waals surface area contributed by atoms with Crippen molar-refractivity contribution in [1.82, 2.24) is 19.1 Å². The number of rotatable bonds is 11. The van der Waals surface area contributed by atoms with Crippen molar-refractivity contribution in [2.75, 3.05) is 26.4 Å². The van der Waals surface area contributed by atoms with Crippen LogP contribution >= 0.6 is 31.6 Å². The van der Waals surface area contributed by atoms with Gasteiger partial charge in [-0.1, -0.05) is 0 Å². The molecule has 17 nitrogen and oxygen atoms in total. The van der Waals surface area contributed by atoms with Crippen LogP contribution in [0, 0.1) is 0 Å². The molecule has 0 saturated carbocycles. The molecule has 3 rings (SSSR count). The van der Waals surface area contributed by atoms with Crippen molar-refractivity contribution >= 4 is 42.7 Å². The molecule has 1 saturated heterocycles. The van der Waals surface area contributed by atoms with E-state index in [-0.39, 0.29) is 42.3 Å². The summed E-state index contributed by atoms with van der Waals surface area (Å²) in [7, 11) is -9.43. The van der Waals surface area contributed by atoms with Gasteiger partial charge in [-0.15, -0.1) is 0 Å². The standard InChI is InChI=1S/C14H21BrN4O13P2/c15-14-17-8-11(16-6-18(12(8)22)1-2-29-3-4-30-33(23,24)25)19(14)13-10(21)9(20)7(32-13)5-31-34(26,27)28/h6-7,9-10,13,20-21H,1-5H2,(H2,23,24,25)(H2,26,27,28)/t7-,9-,10-,13-/m1/s1. The summed E-state index contributed by atoms with van der Waals surface area (Å²) >= 11 is 3.15. The van der Waals surface area contributed by atoms with Crippen molar-refractivity contribution in [3.05, 3.63) is 21.4 Å². The van der Waals surface area contributed by atoms with E-state index in [2.05, 4.69) is 34.9 Å². The van der Waals surface area contributed by atoms with E-state index in [1.54, 1.807) is 0 Å². The van der Waals surface area contributed by atoms with E-state index in [4.69, 9.17) is 29.0 Å². The molecule has 192 valence electrons. The molecule has 2 aromatic rings. The first-order valence-corrected chi connectivity index (χ1v) is 13.3. The van der Waals surface area contributed by atoms with Crippen LogP contribution < -0.4 is 5.56 Å². The van der Waals surface area contributed by atoms with Gasteiger partial charge in [0.25, 0.3) is 5.56 Å². The number of ether oxygens (including phenoxy) is 2. The first kappa shape index (κ1) is 27.5. The number of hydrogen-bond donors (Lipinski definition) is 6. The average Bonchev–Trinajstić information content (AvgIpc) is 3.20. The summed E-state index contributed by atoms with van der Waals surface area (Å²) in [5.74, 6) is 0. The topological polar surface area (TPSA) is 245 Å². The van der Waals surface area contributed by atoms with Crippen LogP contribution in [0.5, 0.6) is 0 Å². The van der Waals surface area contributed by atoms with Crippen LogP contribution in [0.15, 0.2) is 15.9 Å². The molecule has 20 heteroatoms. The summed E-state index contributed by atoms with van der Waals surface area (Å²) < 4.78 is 43.1. The molecule has 2 aromatic heterocycles. The summed E-state index contributed by atoms with van der Waals surface area (Å²) in [5.41, 5.74) is -0.690. The van der Waals surface area contributed by atoms with Crippen molar-refractivity contribution in [3.8, 4) is 0 Å². The number of aliphatic hydroxyl groups is 2. The van der Waals surface area contributed by atoms with Gasteiger partial charge in [0, 0.05) is 0 Å². The van der Waals surface area contributed by atoms with Gasteiger partial charge in [0.1, 0.15) is 24.6 Å². The molecular formula is C14H21BrN4O13P2. The summed E-state index contributed by atoms with van der Waals surface area (Å²) in [5, 5.41) is 20.6. The second-order valence-corrected chi connectivity index (χ2v) is 10.1. The normalized spacial score (nSPS) is 23.7. The lowest BCUT2D eigenvalue weighted by atomic mass is 10.1. The van der Waals surface area contributed by atoms with E-state index >= 15 is 0 Å². The highest BCUT2D eigenvalue weighted by atomic mass is 79.9. The van der Waals surface area contributed by atoms with Crippen LogP contribution in [-0.2, 0) is 34.2 Å². The highest BCUT2D eigenvalue weighted by molar-refractivity contribution is 9.10. The first-order chi connectivity index (χ1) is 15.8. The number of phosphoric ester groups is 2. The first-order valence-electron chi connectivity index (χ1n) is 9.41. The fourth-order valence-electron chi connectivity index (χ4n) is 3.09. The second kappa shape index (κ2) is 10.9. The van der Waals surface area contributed by atoms with Gasteiger partial charge in [-0.05, 0) is 15.9 Å². The monoisotopic (exact) mass is 594 g/mol. The van der Waals surface area contributed by atoms with Gasteiger partial charge in [0.05, 0.1) is 33.0 Å². The lowest BCUT2D eigenvalue weighted by molar-refractivity contribution is -0.0514. The third-order valence-electron chi connectivity index (χ3n) is 4.59. The van der Waals surface area contributed by atoms with Crippen LogP contribution in [-0.4, -0.2) is 93.6 Å². The van der Waals surface area contributed by atoms with E-state index in [0.717, 1.165) is 0 Å². The van der Waals surface area contributed by atoms with Gasteiger partial charge in [0.2, 0.25) is 0 Å². The Morgan fingerprint density at radius 3 is 2.38 bits per heavy atom. The highest BCUT2D eigenvalue weighted by Crippen LogP contribution is 2.39. The smallest absolute Gasteiger partial charge is 0.387 e. The van der Waals surface area contributed by atoms with E-state index in [0.29, 0.717) is 0 Å². The van der Waals surface area contributed by atoms with Crippen LogP contribution in [0.4, 0.5) is 0 Å². The van der Waals surface area contributed by atoms with Gasteiger partial charge in [-0.3, -0.25) is 23.0 Å². The van der Waals surface area contributed by atoms with Crippen molar-refractivity contribution in [2.45, 2.75) is 31.1 Å². The molecule has 3 heterocycles. The Labute approximate surface area is 198 Å². The third-order valence-corrected chi connectivity index (χ3v) is 6.15. The lowest BCUT2D eigenvalue weighted by Crippen LogP contribution is -2.33. The predicted molar refractivity (Wildman–Crippen MR) is 112 cm³/mol. The SMILES string of the molecule is O=c1c2nc(Br)n([C@@H]3O[C@H](COP(=O)(O)O)[C@@H](O)[C@H]3O)c2ncn1CCOCCOP(=O)(O)O. The number of hydrogen-bond acceptors (Lipinski definition) is 11. The maximum absolute atomic E-state index is 12.8. The zero-order valence-corrected chi connectivity index (χ0v) is 20.4. The zero-order chi connectivity index (χ0) is 25.3. The Morgan fingerprint density at radius 2 is 1.74 bits per heavy atom. The molecule has 0 aromatic carbocycles. The Hall–Kier alpha value is -1.11. The molecule has 0 bridgehead atoms. The Bertz CT molecular complexity index is 1160. The zero-order valence-electron chi connectivity index (χ0n) is 17.0. The number of phosphoric acid groups is 2. The fourth-order valence-corrected chi connectivity index (χ4v) is 4.29. The van der Waals surface area contributed by atoms with Crippen LogP contribution in [0.25, 0.3) is 11.2 Å². The minimum absolute atomic E-state index is 0.00260. The fraction of sp³-hybridized carbons (Fsp3) is 0.643. The number of nitrogens with zero attached hydrogens (tertiary/aromatic N) is 4. The van der Waals surface area contributed by atoms with Gasteiger partial charge in [0.15, 0.2) is 22.1 Å². The Morgan fingerprint density at radius 1 is 1.06 bits per heavy atom. The molecule has 0 amide bonds. The maximum atomic E-state index is 12.8. The molecular weight excluding hydrogens is 574 g/mol. The molecule has 4 atom stereocenters. The minimum atomic E-state index is -4.84. The number of fused-ring (bicyclic) bond motifs is 1. The van der Waals surface area contributed by atoms with Crippen LogP contribution in [0.1, 0.15) is 6.23 Å². The van der Waals surface area contributed by atoms with Crippen molar-refractivity contribution in [2.24, 2.45) is 0 Å². The maximum Gasteiger partial charge on any atom is 0.469 e. The molecule has 1 fully saturated rings. The number of imidazole rings is 1. The molecule has 1 aliphatic heterocycles. The van der Waals surface area contributed by atoms with E-state index < -0.39 is 52.4 Å². The predicted octanol–water partition coefficient (Wildman–Crippen LogP) is -1.79. The van der Waals surface area contributed by atoms with Gasteiger partial charge in [-0.2, -0.15) is 0 Å². The van der Waals surface area contributed by atoms with Crippen molar-refractivity contribution < 1.29 is 57.4 Å². The average molecular weight is 595 g/mol. The van der Waals surface area contributed by atoms with Crippen LogP contribution in [0.2, 0.25) is 0 Å². The van der Waals surface area contributed by atoms with E-state index in [1.807, 2.05) is 0 Å². The van der Waals surface area contributed by atoms with Gasteiger partial charge in [-0.25, -0.2) is 19.1 Å². The molecule has 0 radical (unpaired) electrons. The third kappa shape index (κ3) is 6.76. The number of aromatic nitrogens is 4. The van der Waals surface area contributed by atoms with E-state index in [9.17, 15) is 24.1 Å². The summed E-state index contributed by atoms with van der Waals surface area (Å²) in [6, 6.07) is 0. The molecule has 0 aliphatic carbocycles. The van der Waals surface area contributed by atoms with Crippen molar-refractivity contribution in [3.63, 3.8) is 0 Å². The highest BCUT2D eigenvalue weighted by Gasteiger charge is 2.46. The minimum Gasteiger partial charge on any atom is -0.387 e. The second-order valence-electron chi connectivity index (χ2n) is 6.93. The Kier molecular flexibility index (Phi) is 8.79. The molecule has 0 spiro atoms. The molecule has 1 aliphatic rings. The van der Waals surface area contributed by atoms with Crippen LogP contribution in [0.3, 0.4) is 0 Å². The number of aliphatic hydroxyl groups excluding tert-OH is 2. The summed E-state index contributed by atoms with van der Waals surface area (Å²) in [6.45, 7) is -1.14. The molecule has 0 unspecified atom stereocenters. The summed E-state index contributed by atoms with van der Waals surface area (Å²) in [6.07, 6.45) is -4.54. The van der Waals surface area contributed by atoms with Gasteiger partial charge < -0.3 is 39.3 Å². The number of halogens is 1. The summed E-state index contributed by atoms with van der Waals surface area (Å²) in [4.78, 5) is 55.8.